The van der Waals surface area contributed by atoms with Gasteiger partial charge in [-0.1, -0.05) is 43.3 Å². The molecule has 0 aromatic heterocycles. The number of hydrogen-bond donors (Lipinski definition) is 1. The zero-order valence-corrected chi connectivity index (χ0v) is 16.3. The highest BCUT2D eigenvalue weighted by Gasteiger charge is 2.03. The van der Waals surface area contributed by atoms with Crippen molar-refractivity contribution < 1.29 is 14.2 Å². The van der Waals surface area contributed by atoms with Gasteiger partial charge in [0.1, 0.15) is 30.5 Å². The van der Waals surface area contributed by atoms with Crippen LogP contribution in [0, 0.1) is 0 Å². The average Bonchev–Trinajstić information content (AvgIpc) is 2.76. The van der Waals surface area contributed by atoms with E-state index in [1.54, 1.807) is 0 Å². The highest BCUT2D eigenvalue weighted by Crippen LogP contribution is 2.21. The van der Waals surface area contributed by atoms with Gasteiger partial charge < -0.3 is 19.5 Å². The van der Waals surface area contributed by atoms with E-state index >= 15 is 0 Å². The topological polar surface area (TPSA) is 39.7 Å². The summed E-state index contributed by atoms with van der Waals surface area (Å²) in [6.45, 7) is 4.57. The smallest absolute Gasteiger partial charge is 0.124 e. The number of benzene rings is 3. The number of ether oxygens (including phenoxy) is 3. The molecule has 0 aliphatic carbocycles. The Morgan fingerprint density at radius 2 is 1.29 bits per heavy atom. The van der Waals surface area contributed by atoms with Gasteiger partial charge >= 0.3 is 0 Å². The van der Waals surface area contributed by atoms with Crippen molar-refractivity contribution in [2.75, 3.05) is 25.1 Å². The van der Waals surface area contributed by atoms with Gasteiger partial charge in [-0.25, -0.2) is 0 Å². The lowest BCUT2D eigenvalue weighted by Crippen LogP contribution is -2.09. The molecule has 4 heteroatoms. The van der Waals surface area contributed by atoms with Crippen LogP contribution in [-0.4, -0.2) is 19.8 Å². The summed E-state index contributed by atoms with van der Waals surface area (Å²) in [5, 5.41) is 3.43. The van der Waals surface area contributed by atoms with E-state index in [0.717, 1.165) is 41.5 Å². The molecule has 3 aromatic rings. The lowest BCUT2D eigenvalue weighted by atomic mass is 10.2. The van der Waals surface area contributed by atoms with Crippen molar-refractivity contribution in [3.05, 3.63) is 84.4 Å². The van der Waals surface area contributed by atoms with Gasteiger partial charge in [0.2, 0.25) is 0 Å². The first kappa shape index (κ1) is 19.6. The minimum Gasteiger partial charge on any atom is -0.493 e. The molecular formula is C24H27NO3. The molecule has 0 aliphatic rings. The summed E-state index contributed by atoms with van der Waals surface area (Å²) in [5.41, 5.74) is 2.19. The summed E-state index contributed by atoms with van der Waals surface area (Å²) in [6, 6.07) is 25.8. The largest absolute Gasteiger partial charge is 0.493 e. The van der Waals surface area contributed by atoms with Crippen LogP contribution in [0.25, 0.3) is 0 Å². The van der Waals surface area contributed by atoms with Gasteiger partial charge in [-0.2, -0.15) is 0 Å². The van der Waals surface area contributed by atoms with Crippen LogP contribution in [0.2, 0.25) is 0 Å². The Morgan fingerprint density at radius 1 is 0.643 bits per heavy atom. The van der Waals surface area contributed by atoms with Gasteiger partial charge in [0.25, 0.3) is 0 Å². The quantitative estimate of drug-likeness (QED) is 0.445. The molecule has 1 N–H and O–H groups in total. The minimum absolute atomic E-state index is 0.504. The highest BCUT2D eigenvalue weighted by molar-refractivity contribution is 5.48. The van der Waals surface area contributed by atoms with Gasteiger partial charge in [0.05, 0.1) is 6.61 Å². The predicted octanol–water partition coefficient (Wildman–Crippen LogP) is 5.55. The Kier molecular flexibility index (Phi) is 7.62. The standard InChI is InChI=1S/C24H27NO3/c1-2-16-28-24-11-7-6-8-20(24)19-25-21-12-14-23(15-13-21)27-18-17-26-22-9-4-3-5-10-22/h3-15,25H,2,16-19H2,1H3. The summed E-state index contributed by atoms with van der Waals surface area (Å²) in [6.07, 6.45) is 1.000. The summed E-state index contributed by atoms with van der Waals surface area (Å²) < 4.78 is 17.2. The van der Waals surface area contributed by atoms with E-state index in [4.69, 9.17) is 14.2 Å². The molecular weight excluding hydrogens is 350 g/mol. The van der Waals surface area contributed by atoms with Crippen molar-refractivity contribution in [2.45, 2.75) is 19.9 Å². The molecule has 28 heavy (non-hydrogen) atoms. The van der Waals surface area contributed by atoms with E-state index < -0.39 is 0 Å². The Morgan fingerprint density at radius 3 is 2.00 bits per heavy atom. The summed E-state index contributed by atoms with van der Waals surface area (Å²) in [7, 11) is 0. The Balaban J connectivity index is 1.43. The third-order valence-corrected chi connectivity index (χ3v) is 4.14. The van der Waals surface area contributed by atoms with Crippen LogP contribution in [-0.2, 0) is 6.54 Å². The Labute approximate surface area is 167 Å². The lowest BCUT2D eigenvalue weighted by Gasteiger charge is -2.13. The maximum absolute atomic E-state index is 5.81. The van der Waals surface area contributed by atoms with Gasteiger partial charge in [-0.3, -0.25) is 0 Å². The van der Waals surface area contributed by atoms with E-state index in [-0.39, 0.29) is 0 Å². The van der Waals surface area contributed by atoms with Crippen LogP contribution in [0.1, 0.15) is 18.9 Å². The number of para-hydroxylation sites is 2. The van der Waals surface area contributed by atoms with Gasteiger partial charge in [0.15, 0.2) is 0 Å². The third kappa shape index (κ3) is 6.23. The van der Waals surface area contributed by atoms with Crippen molar-refractivity contribution in [3.63, 3.8) is 0 Å². The fourth-order valence-electron chi connectivity index (χ4n) is 2.70. The zero-order chi connectivity index (χ0) is 19.4. The first-order valence-corrected chi connectivity index (χ1v) is 9.70. The predicted molar refractivity (Wildman–Crippen MR) is 113 cm³/mol. The average molecular weight is 377 g/mol. The molecule has 146 valence electrons. The minimum atomic E-state index is 0.504. The molecule has 0 spiro atoms. The lowest BCUT2D eigenvalue weighted by molar-refractivity contribution is 0.217. The number of nitrogens with one attached hydrogen (secondary N) is 1. The van der Waals surface area contributed by atoms with Crippen LogP contribution in [0.5, 0.6) is 17.2 Å². The second-order valence-corrected chi connectivity index (χ2v) is 6.34. The molecule has 0 saturated carbocycles. The molecule has 0 fully saturated rings. The van der Waals surface area contributed by atoms with Crippen molar-refractivity contribution >= 4 is 5.69 Å². The molecule has 3 aromatic carbocycles. The summed E-state index contributed by atoms with van der Waals surface area (Å²) in [4.78, 5) is 0. The summed E-state index contributed by atoms with van der Waals surface area (Å²) >= 11 is 0. The Bertz CT molecular complexity index is 819. The Hall–Kier alpha value is -3.14. The number of rotatable bonds is 11. The molecule has 0 saturated heterocycles. The van der Waals surface area contributed by atoms with Crippen LogP contribution in [0.15, 0.2) is 78.9 Å². The first-order chi connectivity index (χ1) is 13.8. The van der Waals surface area contributed by atoms with E-state index in [0.29, 0.717) is 19.8 Å². The molecule has 0 heterocycles. The molecule has 0 radical (unpaired) electrons. The van der Waals surface area contributed by atoms with Gasteiger partial charge in [0, 0.05) is 17.8 Å². The zero-order valence-electron chi connectivity index (χ0n) is 16.3. The summed E-state index contributed by atoms with van der Waals surface area (Å²) in [5.74, 6) is 2.62. The SMILES string of the molecule is CCCOc1ccccc1CNc1ccc(OCCOc2ccccc2)cc1. The van der Waals surface area contributed by atoms with Crippen LogP contribution in [0.3, 0.4) is 0 Å². The van der Waals surface area contributed by atoms with Crippen LogP contribution < -0.4 is 19.5 Å². The van der Waals surface area contributed by atoms with Gasteiger partial charge in [-0.15, -0.1) is 0 Å². The fraction of sp³-hybridized carbons (Fsp3) is 0.250. The molecule has 0 unspecified atom stereocenters. The number of anilines is 1. The third-order valence-electron chi connectivity index (χ3n) is 4.14. The van der Waals surface area contributed by atoms with Crippen molar-refractivity contribution in [2.24, 2.45) is 0 Å². The monoisotopic (exact) mass is 377 g/mol. The first-order valence-electron chi connectivity index (χ1n) is 9.70. The van der Waals surface area contributed by atoms with E-state index in [1.807, 2.05) is 72.8 Å². The number of hydrogen-bond acceptors (Lipinski definition) is 4. The van der Waals surface area contributed by atoms with E-state index in [2.05, 4.69) is 18.3 Å². The van der Waals surface area contributed by atoms with Gasteiger partial charge in [-0.05, 0) is 48.9 Å². The second-order valence-electron chi connectivity index (χ2n) is 6.34. The van der Waals surface area contributed by atoms with E-state index in [9.17, 15) is 0 Å². The van der Waals surface area contributed by atoms with Crippen molar-refractivity contribution in [1.29, 1.82) is 0 Å². The second kappa shape index (κ2) is 10.9. The maximum Gasteiger partial charge on any atom is 0.124 e. The molecule has 0 bridgehead atoms. The highest BCUT2D eigenvalue weighted by atomic mass is 16.5. The molecule has 0 amide bonds. The molecule has 0 aliphatic heterocycles. The molecule has 3 rings (SSSR count). The van der Waals surface area contributed by atoms with Crippen molar-refractivity contribution in [3.8, 4) is 17.2 Å². The van der Waals surface area contributed by atoms with Crippen molar-refractivity contribution in [1.82, 2.24) is 0 Å². The van der Waals surface area contributed by atoms with Crippen LogP contribution >= 0.6 is 0 Å². The van der Waals surface area contributed by atoms with E-state index in [1.165, 1.54) is 0 Å². The molecule has 0 atom stereocenters. The fourth-order valence-corrected chi connectivity index (χ4v) is 2.70. The van der Waals surface area contributed by atoms with Crippen LogP contribution in [0.4, 0.5) is 5.69 Å². The molecule has 4 nitrogen and oxygen atoms in total. The normalized spacial score (nSPS) is 10.3. The maximum atomic E-state index is 5.81.